The predicted molar refractivity (Wildman–Crippen MR) is 109 cm³/mol. The highest BCUT2D eigenvalue weighted by molar-refractivity contribution is 7.46. The van der Waals surface area contributed by atoms with E-state index in [1.54, 1.807) is 48.5 Å². The molecule has 9 heteroatoms. The van der Waals surface area contributed by atoms with Crippen LogP contribution in [0.5, 0.6) is 0 Å². The number of hydrogen-bond donors (Lipinski definition) is 3. The smallest absolute Gasteiger partial charge is 0.371 e. The van der Waals surface area contributed by atoms with Crippen molar-refractivity contribution < 1.29 is 28.8 Å². The Morgan fingerprint density at radius 1 is 1.03 bits per heavy atom. The Morgan fingerprint density at radius 2 is 1.59 bits per heavy atom. The summed E-state index contributed by atoms with van der Waals surface area (Å²) in [4.78, 5) is 32.1. The van der Waals surface area contributed by atoms with Crippen LogP contribution in [0.2, 0.25) is 0 Å². The number of hydrazine groups is 1. The first-order chi connectivity index (χ1) is 13.8. The zero-order valence-corrected chi connectivity index (χ0v) is 17.0. The number of rotatable bonds is 8. The molecule has 0 radical (unpaired) electrons. The van der Waals surface area contributed by atoms with Gasteiger partial charge in [-0.1, -0.05) is 56.2 Å². The van der Waals surface area contributed by atoms with E-state index in [0.29, 0.717) is 17.8 Å². The fourth-order valence-corrected chi connectivity index (χ4v) is 3.95. The molecule has 1 aliphatic rings. The average molecular weight is 420 g/mol. The second kappa shape index (κ2) is 8.65. The summed E-state index contributed by atoms with van der Waals surface area (Å²) >= 11 is 0. The Labute approximate surface area is 169 Å². The summed E-state index contributed by atoms with van der Waals surface area (Å²) in [6.07, 6.45) is 0.180. The number of unbranched alkanes of at least 4 members (excludes halogenated alkanes) is 1. The zero-order valence-electron chi connectivity index (χ0n) is 16.1. The summed E-state index contributed by atoms with van der Waals surface area (Å²) in [6, 6.07) is 17.7. The summed E-state index contributed by atoms with van der Waals surface area (Å²) in [5.41, 5.74) is -0.412. The van der Waals surface area contributed by atoms with Gasteiger partial charge >= 0.3 is 7.82 Å². The van der Waals surface area contributed by atoms with Gasteiger partial charge in [0, 0.05) is 0 Å². The molecule has 1 amide bonds. The molecule has 2 unspecified atom stereocenters. The van der Waals surface area contributed by atoms with E-state index in [-0.39, 0.29) is 6.42 Å². The van der Waals surface area contributed by atoms with E-state index in [1.807, 2.05) is 19.1 Å². The summed E-state index contributed by atoms with van der Waals surface area (Å²) in [5, 5.41) is 14.1. The number of carbonyl (C=O) groups is 1. The molecule has 3 rings (SSSR count). The van der Waals surface area contributed by atoms with E-state index in [9.17, 15) is 24.3 Å². The third-order valence-electron chi connectivity index (χ3n) is 5.05. The lowest BCUT2D eigenvalue weighted by atomic mass is 9.81. The molecular formula is C20H25N2O6P. The quantitative estimate of drug-likeness (QED) is 0.563. The van der Waals surface area contributed by atoms with Gasteiger partial charge in [-0.3, -0.25) is 9.32 Å². The molecule has 0 aromatic heterocycles. The molecular weight excluding hydrogens is 395 g/mol. The van der Waals surface area contributed by atoms with E-state index < -0.39 is 32.0 Å². The van der Waals surface area contributed by atoms with Gasteiger partial charge in [-0.05, 0) is 30.7 Å². The van der Waals surface area contributed by atoms with Crippen LogP contribution in [0, 0.1) is 5.41 Å². The third kappa shape index (κ3) is 4.37. The molecule has 3 N–H and O–H groups in total. The van der Waals surface area contributed by atoms with Crippen molar-refractivity contribution in [1.29, 1.82) is 0 Å². The van der Waals surface area contributed by atoms with Crippen LogP contribution in [0.15, 0.2) is 60.7 Å². The molecule has 2 aromatic rings. The van der Waals surface area contributed by atoms with Crippen LogP contribution in [0.25, 0.3) is 0 Å². The van der Waals surface area contributed by atoms with Crippen LogP contribution in [0.3, 0.4) is 0 Å². The number of aliphatic hydroxyl groups is 1. The minimum atomic E-state index is -4.83. The molecule has 8 nitrogen and oxygen atoms in total. The lowest BCUT2D eigenvalue weighted by Gasteiger charge is -2.33. The van der Waals surface area contributed by atoms with Gasteiger partial charge in [0.15, 0.2) is 6.23 Å². The zero-order chi connectivity index (χ0) is 21.1. The van der Waals surface area contributed by atoms with Crippen molar-refractivity contribution in [2.24, 2.45) is 5.41 Å². The van der Waals surface area contributed by atoms with Crippen LogP contribution >= 0.6 is 7.82 Å². The molecule has 1 saturated heterocycles. The number of phosphoric ester groups is 1. The van der Waals surface area contributed by atoms with Gasteiger partial charge in [0.05, 0.1) is 18.0 Å². The lowest BCUT2D eigenvalue weighted by molar-refractivity contribution is -0.132. The summed E-state index contributed by atoms with van der Waals surface area (Å²) < 4.78 is 16.1. The predicted octanol–water partition coefficient (Wildman–Crippen LogP) is 3.06. The molecule has 1 heterocycles. The Kier molecular flexibility index (Phi) is 6.41. The van der Waals surface area contributed by atoms with Crippen molar-refractivity contribution in [1.82, 2.24) is 0 Å². The molecule has 0 bridgehead atoms. The number of anilines is 2. The molecule has 156 valence electrons. The first-order valence-corrected chi connectivity index (χ1v) is 10.9. The van der Waals surface area contributed by atoms with Crippen molar-refractivity contribution in [2.45, 2.75) is 32.4 Å². The van der Waals surface area contributed by atoms with Crippen LogP contribution in [-0.4, -0.2) is 33.6 Å². The monoisotopic (exact) mass is 420 g/mol. The van der Waals surface area contributed by atoms with Gasteiger partial charge < -0.3 is 14.9 Å². The molecule has 29 heavy (non-hydrogen) atoms. The van der Waals surface area contributed by atoms with Gasteiger partial charge in [0.1, 0.15) is 5.41 Å². The summed E-state index contributed by atoms with van der Waals surface area (Å²) in [7, 11) is -4.83. The minimum Gasteiger partial charge on any atom is -0.371 e. The Balaban J connectivity index is 2.11. The normalized spacial score (nSPS) is 22.3. The van der Waals surface area contributed by atoms with Crippen molar-refractivity contribution in [3.63, 3.8) is 0 Å². The SMILES string of the molecule is CCCCC1(COP(=O)(O)O)C(=O)N(c2ccccc2)N(c2ccccc2)C1O. The van der Waals surface area contributed by atoms with Gasteiger partial charge in [-0.2, -0.15) is 0 Å². The number of carbonyl (C=O) groups excluding carboxylic acids is 1. The first kappa shape index (κ1) is 21.5. The summed E-state index contributed by atoms with van der Waals surface area (Å²) in [6.45, 7) is 1.34. The van der Waals surface area contributed by atoms with Crippen LogP contribution < -0.4 is 10.0 Å². The third-order valence-corrected chi connectivity index (χ3v) is 5.51. The lowest BCUT2D eigenvalue weighted by Crippen LogP contribution is -2.45. The topological polar surface area (TPSA) is 111 Å². The molecule has 1 fully saturated rings. The van der Waals surface area contributed by atoms with Crippen molar-refractivity contribution in [2.75, 3.05) is 16.6 Å². The molecule has 0 aliphatic carbocycles. The largest absolute Gasteiger partial charge is 0.469 e. The summed E-state index contributed by atoms with van der Waals surface area (Å²) in [5.74, 6) is -0.470. The van der Waals surface area contributed by atoms with Gasteiger partial charge in [-0.15, -0.1) is 0 Å². The fraction of sp³-hybridized carbons (Fsp3) is 0.350. The highest BCUT2D eigenvalue weighted by atomic mass is 31.2. The Morgan fingerprint density at radius 3 is 2.10 bits per heavy atom. The second-order valence-corrected chi connectivity index (χ2v) is 8.27. The number of phosphoric acid groups is 1. The van der Waals surface area contributed by atoms with Crippen molar-refractivity contribution in [3.8, 4) is 0 Å². The minimum absolute atomic E-state index is 0.218. The van der Waals surface area contributed by atoms with Crippen molar-refractivity contribution >= 4 is 25.1 Å². The Bertz CT molecular complexity index is 875. The number of hydrogen-bond acceptors (Lipinski definition) is 5. The number of aliphatic hydroxyl groups excluding tert-OH is 1. The molecule has 1 aliphatic heterocycles. The number of amides is 1. The van der Waals surface area contributed by atoms with Gasteiger partial charge in [-0.25, -0.2) is 14.6 Å². The average Bonchev–Trinajstić information content (AvgIpc) is 2.93. The van der Waals surface area contributed by atoms with Crippen molar-refractivity contribution in [3.05, 3.63) is 60.7 Å². The molecule has 2 atom stereocenters. The number of benzene rings is 2. The first-order valence-electron chi connectivity index (χ1n) is 9.42. The second-order valence-electron chi connectivity index (χ2n) is 7.03. The molecule has 0 saturated carbocycles. The van der Waals surface area contributed by atoms with Crippen LogP contribution in [-0.2, 0) is 13.9 Å². The number of nitrogens with zero attached hydrogens (tertiary/aromatic N) is 2. The number of para-hydroxylation sites is 2. The van der Waals surface area contributed by atoms with E-state index >= 15 is 0 Å². The van der Waals surface area contributed by atoms with E-state index in [4.69, 9.17) is 4.52 Å². The van der Waals surface area contributed by atoms with Gasteiger partial charge in [0.2, 0.25) is 0 Å². The van der Waals surface area contributed by atoms with E-state index in [1.165, 1.54) is 10.0 Å². The standard InChI is InChI=1S/C20H25N2O6P/c1-2-3-14-20(15-28-29(25,26)27)18(23)21(16-10-6-4-7-11-16)22(19(20)24)17-12-8-5-9-13-17/h4-13,18,23H,2-3,14-15H2,1H3,(H2,25,26,27). The van der Waals surface area contributed by atoms with Gasteiger partial charge in [0.25, 0.3) is 5.91 Å². The Hall–Kier alpha value is -2.22. The van der Waals surface area contributed by atoms with Crippen LogP contribution in [0.4, 0.5) is 11.4 Å². The highest BCUT2D eigenvalue weighted by Gasteiger charge is 2.59. The maximum atomic E-state index is 13.6. The maximum absolute atomic E-state index is 13.6. The van der Waals surface area contributed by atoms with Crippen LogP contribution in [0.1, 0.15) is 26.2 Å². The van der Waals surface area contributed by atoms with E-state index in [0.717, 1.165) is 6.42 Å². The van der Waals surface area contributed by atoms with E-state index in [2.05, 4.69) is 0 Å². The molecule has 0 spiro atoms. The maximum Gasteiger partial charge on any atom is 0.469 e. The highest BCUT2D eigenvalue weighted by Crippen LogP contribution is 2.47. The molecule has 2 aromatic carbocycles. The fourth-order valence-electron chi connectivity index (χ4n) is 3.55.